The number of nitrogens with one attached hydrogen (secondary N) is 1. The summed E-state index contributed by atoms with van der Waals surface area (Å²) in [6.07, 6.45) is 1.52. The van der Waals surface area contributed by atoms with Crippen molar-refractivity contribution in [2.24, 2.45) is 5.73 Å². The Kier molecular flexibility index (Phi) is 5.54. The SMILES string of the molecule is CCNc1ncnc(N(CC)CC(N)=O)c1C(C)C. The summed E-state index contributed by atoms with van der Waals surface area (Å²) in [6.45, 7) is 9.79. The molecule has 19 heavy (non-hydrogen) atoms. The van der Waals surface area contributed by atoms with Gasteiger partial charge in [0.25, 0.3) is 0 Å². The summed E-state index contributed by atoms with van der Waals surface area (Å²) in [5, 5.41) is 3.24. The van der Waals surface area contributed by atoms with Crippen LogP contribution in [0.1, 0.15) is 39.2 Å². The fourth-order valence-electron chi connectivity index (χ4n) is 2.00. The second kappa shape index (κ2) is 6.92. The highest BCUT2D eigenvalue weighted by molar-refractivity contribution is 5.80. The van der Waals surface area contributed by atoms with E-state index in [1.165, 1.54) is 6.33 Å². The minimum absolute atomic E-state index is 0.165. The van der Waals surface area contributed by atoms with Crippen molar-refractivity contribution in [2.45, 2.75) is 33.6 Å². The highest BCUT2D eigenvalue weighted by Gasteiger charge is 2.19. The summed E-state index contributed by atoms with van der Waals surface area (Å²) in [7, 11) is 0. The first-order chi connectivity index (χ1) is 9.01. The number of aromatic nitrogens is 2. The largest absolute Gasteiger partial charge is 0.370 e. The Labute approximate surface area is 114 Å². The van der Waals surface area contributed by atoms with Crippen molar-refractivity contribution < 1.29 is 4.79 Å². The van der Waals surface area contributed by atoms with Gasteiger partial charge in [-0.3, -0.25) is 4.79 Å². The van der Waals surface area contributed by atoms with Gasteiger partial charge >= 0.3 is 0 Å². The molecule has 0 fully saturated rings. The Morgan fingerprint density at radius 3 is 2.58 bits per heavy atom. The van der Waals surface area contributed by atoms with Crippen LogP contribution in [0.25, 0.3) is 0 Å². The van der Waals surface area contributed by atoms with E-state index >= 15 is 0 Å². The molecule has 6 nitrogen and oxygen atoms in total. The van der Waals surface area contributed by atoms with E-state index in [2.05, 4.69) is 29.1 Å². The van der Waals surface area contributed by atoms with Gasteiger partial charge in [-0.25, -0.2) is 9.97 Å². The number of amides is 1. The Morgan fingerprint density at radius 1 is 1.42 bits per heavy atom. The maximum Gasteiger partial charge on any atom is 0.236 e. The smallest absolute Gasteiger partial charge is 0.236 e. The molecule has 1 heterocycles. The summed E-state index contributed by atoms with van der Waals surface area (Å²) in [5.74, 6) is 1.50. The van der Waals surface area contributed by atoms with E-state index < -0.39 is 0 Å². The third-order valence-electron chi connectivity index (χ3n) is 2.81. The fraction of sp³-hybridized carbons (Fsp3) is 0.615. The zero-order valence-electron chi connectivity index (χ0n) is 12.1. The fourth-order valence-corrected chi connectivity index (χ4v) is 2.00. The number of carbonyl (C=O) groups is 1. The molecular weight excluding hydrogens is 242 g/mol. The van der Waals surface area contributed by atoms with Crippen LogP contribution in [0.2, 0.25) is 0 Å². The number of rotatable bonds is 7. The van der Waals surface area contributed by atoms with E-state index in [-0.39, 0.29) is 18.4 Å². The lowest BCUT2D eigenvalue weighted by Gasteiger charge is -2.25. The zero-order valence-corrected chi connectivity index (χ0v) is 12.1. The normalized spacial score (nSPS) is 10.6. The lowest BCUT2D eigenvalue weighted by atomic mass is 10.0. The second-order valence-corrected chi connectivity index (χ2v) is 4.63. The van der Waals surface area contributed by atoms with E-state index in [1.807, 2.05) is 18.7 Å². The van der Waals surface area contributed by atoms with Gasteiger partial charge < -0.3 is 16.0 Å². The molecule has 6 heteroatoms. The molecule has 1 aromatic heterocycles. The highest BCUT2D eigenvalue weighted by Crippen LogP contribution is 2.30. The maximum absolute atomic E-state index is 11.2. The van der Waals surface area contributed by atoms with E-state index in [4.69, 9.17) is 5.73 Å². The van der Waals surface area contributed by atoms with E-state index in [9.17, 15) is 4.79 Å². The van der Waals surface area contributed by atoms with Crippen LogP contribution in [0.15, 0.2) is 6.33 Å². The van der Waals surface area contributed by atoms with E-state index in [1.54, 1.807) is 0 Å². The molecule has 0 atom stereocenters. The first kappa shape index (κ1) is 15.2. The molecule has 1 aromatic rings. The third-order valence-corrected chi connectivity index (χ3v) is 2.81. The van der Waals surface area contributed by atoms with Gasteiger partial charge in [0.2, 0.25) is 5.91 Å². The van der Waals surface area contributed by atoms with Gasteiger partial charge in [-0.05, 0) is 19.8 Å². The van der Waals surface area contributed by atoms with Gasteiger partial charge in [-0.1, -0.05) is 13.8 Å². The number of anilines is 2. The summed E-state index contributed by atoms with van der Waals surface area (Å²) in [4.78, 5) is 21.6. The number of carbonyl (C=O) groups excluding carboxylic acids is 1. The molecule has 0 aliphatic heterocycles. The van der Waals surface area contributed by atoms with Crippen molar-refractivity contribution in [2.75, 3.05) is 29.9 Å². The van der Waals surface area contributed by atoms with Gasteiger partial charge in [0, 0.05) is 18.7 Å². The van der Waals surface area contributed by atoms with Crippen molar-refractivity contribution in [3.8, 4) is 0 Å². The quantitative estimate of drug-likeness (QED) is 0.777. The summed E-state index contributed by atoms with van der Waals surface area (Å²) in [5.41, 5.74) is 6.31. The Morgan fingerprint density at radius 2 is 2.11 bits per heavy atom. The first-order valence-corrected chi connectivity index (χ1v) is 6.63. The van der Waals surface area contributed by atoms with Crippen LogP contribution >= 0.6 is 0 Å². The number of hydrogen-bond donors (Lipinski definition) is 2. The van der Waals surface area contributed by atoms with Crippen LogP contribution in [-0.4, -0.2) is 35.5 Å². The number of primary amides is 1. The molecule has 0 saturated carbocycles. The van der Waals surface area contributed by atoms with E-state index in [0.717, 1.165) is 23.7 Å². The van der Waals surface area contributed by atoms with Gasteiger partial charge in [-0.2, -0.15) is 0 Å². The number of nitrogens with zero attached hydrogens (tertiary/aromatic N) is 3. The van der Waals surface area contributed by atoms with Crippen LogP contribution < -0.4 is 16.0 Å². The van der Waals surface area contributed by atoms with Crippen molar-refractivity contribution in [3.63, 3.8) is 0 Å². The number of hydrogen-bond acceptors (Lipinski definition) is 5. The Hall–Kier alpha value is -1.85. The topological polar surface area (TPSA) is 84.1 Å². The standard InChI is InChI=1S/C13H23N5O/c1-5-15-12-11(9(3)4)13(17-8-16-12)18(6-2)7-10(14)19/h8-9H,5-7H2,1-4H3,(H2,14,19)(H,15,16,17). The molecule has 0 unspecified atom stereocenters. The molecule has 0 saturated heterocycles. The van der Waals surface area contributed by atoms with Crippen molar-refractivity contribution >= 4 is 17.5 Å². The predicted octanol–water partition coefficient (Wildman–Crippen LogP) is 1.34. The predicted molar refractivity (Wildman–Crippen MR) is 77.4 cm³/mol. The zero-order chi connectivity index (χ0) is 14.4. The second-order valence-electron chi connectivity index (χ2n) is 4.63. The number of likely N-dealkylation sites (N-methyl/N-ethyl adjacent to an activating group) is 1. The van der Waals surface area contributed by atoms with Gasteiger partial charge in [0.15, 0.2) is 0 Å². The van der Waals surface area contributed by atoms with Crippen molar-refractivity contribution in [1.82, 2.24) is 9.97 Å². The minimum atomic E-state index is -0.361. The van der Waals surface area contributed by atoms with Crippen LogP contribution in [0.3, 0.4) is 0 Å². The minimum Gasteiger partial charge on any atom is -0.370 e. The molecular formula is C13H23N5O. The van der Waals surface area contributed by atoms with Crippen LogP contribution in [0.5, 0.6) is 0 Å². The average Bonchev–Trinajstić information content (AvgIpc) is 2.35. The maximum atomic E-state index is 11.2. The molecule has 0 aromatic carbocycles. The van der Waals surface area contributed by atoms with Crippen LogP contribution in [0.4, 0.5) is 11.6 Å². The first-order valence-electron chi connectivity index (χ1n) is 6.63. The van der Waals surface area contributed by atoms with Gasteiger partial charge in [0.05, 0.1) is 6.54 Å². The van der Waals surface area contributed by atoms with Crippen LogP contribution in [-0.2, 0) is 4.79 Å². The van der Waals surface area contributed by atoms with E-state index in [0.29, 0.717) is 6.54 Å². The molecule has 1 amide bonds. The monoisotopic (exact) mass is 265 g/mol. The van der Waals surface area contributed by atoms with Crippen LogP contribution in [0, 0.1) is 0 Å². The summed E-state index contributed by atoms with van der Waals surface area (Å²) >= 11 is 0. The molecule has 1 rings (SSSR count). The molecule has 0 aliphatic carbocycles. The molecule has 0 aliphatic rings. The third kappa shape index (κ3) is 3.81. The lowest BCUT2D eigenvalue weighted by Crippen LogP contribution is -2.35. The molecule has 0 bridgehead atoms. The summed E-state index contributed by atoms with van der Waals surface area (Å²) < 4.78 is 0. The Bertz CT molecular complexity index is 433. The highest BCUT2D eigenvalue weighted by atomic mass is 16.1. The summed E-state index contributed by atoms with van der Waals surface area (Å²) in [6, 6.07) is 0. The molecule has 0 radical (unpaired) electrons. The lowest BCUT2D eigenvalue weighted by molar-refractivity contribution is -0.116. The molecule has 3 N–H and O–H groups in total. The average molecular weight is 265 g/mol. The van der Waals surface area contributed by atoms with Gasteiger partial charge in [0.1, 0.15) is 18.0 Å². The number of nitrogens with two attached hydrogens (primary N) is 1. The van der Waals surface area contributed by atoms with Gasteiger partial charge in [-0.15, -0.1) is 0 Å². The Balaban J connectivity index is 3.23. The molecule has 106 valence electrons. The van der Waals surface area contributed by atoms with Crippen molar-refractivity contribution in [3.05, 3.63) is 11.9 Å². The van der Waals surface area contributed by atoms with Crippen molar-refractivity contribution in [1.29, 1.82) is 0 Å². The molecule has 0 spiro atoms.